The molecule has 20 heavy (non-hydrogen) atoms. The van der Waals surface area contributed by atoms with Crippen molar-refractivity contribution in [3.63, 3.8) is 0 Å². The summed E-state index contributed by atoms with van der Waals surface area (Å²) in [6.07, 6.45) is 4.02. The van der Waals surface area contributed by atoms with Crippen molar-refractivity contribution >= 4 is 18.3 Å². The van der Waals surface area contributed by atoms with Crippen LogP contribution in [0.2, 0.25) is 0 Å². The maximum atomic E-state index is 12.0. The van der Waals surface area contributed by atoms with E-state index in [0.717, 1.165) is 32.5 Å². The molecule has 3 nitrogen and oxygen atoms in total. The molecule has 1 aromatic carbocycles. The molecule has 112 valence electrons. The molecular weight excluding hydrogens is 272 g/mol. The third kappa shape index (κ3) is 4.80. The van der Waals surface area contributed by atoms with Gasteiger partial charge in [-0.05, 0) is 37.8 Å². The molecule has 1 saturated heterocycles. The monoisotopic (exact) mass is 296 g/mol. The third-order valence-corrected chi connectivity index (χ3v) is 3.94. The van der Waals surface area contributed by atoms with E-state index >= 15 is 0 Å². The van der Waals surface area contributed by atoms with Crippen molar-refractivity contribution in [2.45, 2.75) is 31.6 Å². The fourth-order valence-corrected chi connectivity index (χ4v) is 2.79. The summed E-state index contributed by atoms with van der Waals surface area (Å²) in [6, 6.07) is 10.7. The summed E-state index contributed by atoms with van der Waals surface area (Å²) in [7, 11) is 1.89. The topological polar surface area (TPSA) is 32.3 Å². The Bertz CT molecular complexity index is 397. The maximum Gasteiger partial charge on any atom is 0.223 e. The predicted octanol–water partition coefficient (Wildman–Crippen LogP) is 2.81. The number of amides is 1. The largest absolute Gasteiger partial charge is 0.343 e. The molecule has 1 fully saturated rings. The van der Waals surface area contributed by atoms with E-state index in [1.54, 1.807) is 0 Å². The smallest absolute Gasteiger partial charge is 0.223 e. The summed E-state index contributed by atoms with van der Waals surface area (Å²) in [4.78, 5) is 14.1. The van der Waals surface area contributed by atoms with E-state index in [1.165, 1.54) is 12.0 Å². The lowest BCUT2D eigenvalue weighted by Gasteiger charge is -2.20. The van der Waals surface area contributed by atoms with E-state index in [1.807, 2.05) is 11.9 Å². The van der Waals surface area contributed by atoms with E-state index in [2.05, 4.69) is 35.6 Å². The van der Waals surface area contributed by atoms with Gasteiger partial charge in [0.25, 0.3) is 0 Å². The number of halogens is 1. The van der Waals surface area contributed by atoms with Crippen LogP contribution in [0.25, 0.3) is 0 Å². The van der Waals surface area contributed by atoms with Gasteiger partial charge in [0.05, 0.1) is 0 Å². The highest BCUT2D eigenvalue weighted by molar-refractivity contribution is 5.85. The first-order valence-electron chi connectivity index (χ1n) is 7.28. The summed E-state index contributed by atoms with van der Waals surface area (Å²) in [5.74, 6) is 0.909. The van der Waals surface area contributed by atoms with E-state index < -0.39 is 0 Å². The number of hydrogen-bond acceptors (Lipinski definition) is 2. The number of carbonyl (C=O) groups excluding carboxylic acids is 1. The van der Waals surface area contributed by atoms with E-state index in [-0.39, 0.29) is 12.4 Å². The molecular formula is C16H25ClN2O. The predicted molar refractivity (Wildman–Crippen MR) is 85.4 cm³/mol. The SMILES string of the molecule is CNCCC(=O)N1CCCC(c2ccccc2)CC1.Cl. The standard InChI is InChI=1S/C16H24N2O.ClH/c1-17-11-9-16(19)18-12-5-8-15(10-13-18)14-6-3-2-4-7-14;/h2-4,6-7,15,17H,5,8-13H2,1H3;1H. The second-order valence-electron chi connectivity index (χ2n) is 5.27. The maximum absolute atomic E-state index is 12.0. The normalized spacial score (nSPS) is 19.1. The van der Waals surface area contributed by atoms with Crippen molar-refractivity contribution in [1.82, 2.24) is 10.2 Å². The number of nitrogens with zero attached hydrogens (tertiary/aromatic N) is 1. The first-order chi connectivity index (χ1) is 9.31. The lowest BCUT2D eigenvalue weighted by Crippen LogP contribution is -2.33. The molecule has 0 aromatic heterocycles. The van der Waals surface area contributed by atoms with Gasteiger partial charge in [0.2, 0.25) is 5.91 Å². The zero-order valence-corrected chi connectivity index (χ0v) is 13.0. The number of nitrogens with one attached hydrogen (secondary N) is 1. The van der Waals surface area contributed by atoms with Gasteiger partial charge in [-0.15, -0.1) is 12.4 Å². The van der Waals surface area contributed by atoms with Gasteiger partial charge in [0.1, 0.15) is 0 Å². The van der Waals surface area contributed by atoms with Gasteiger partial charge in [-0.1, -0.05) is 30.3 Å². The fraction of sp³-hybridized carbons (Fsp3) is 0.562. The van der Waals surface area contributed by atoms with Crippen molar-refractivity contribution in [2.24, 2.45) is 0 Å². The van der Waals surface area contributed by atoms with Gasteiger partial charge < -0.3 is 10.2 Å². The average Bonchev–Trinajstić information content (AvgIpc) is 2.71. The van der Waals surface area contributed by atoms with Gasteiger partial charge in [0.15, 0.2) is 0 Å². The Morgan fingerprint density at radius 3 is 2.70 bits per heavy atom. The summed E-state index contributed by atoms with van der Waals surface area (Å²) >= 11 is 0. The Morgan fingerprint density at radius 1 is 1.25 bits per heavy atom. The molecule has 1 atom stereocenters. The van der Waals surface area contributed by atoms with Gasteiger partial charge in [-0.3, -0.25) is 4.79 Å². The van der Waals surface area contributed by atoms with Crippen LogP contribution in [0.5, 0.6) is 0 Å². The Morgan fingerprint density at radius 2 is 2.00 bits per heavy atom. The molecule has 0 spiro atoms. The minimum Gasteiger partial charge on any atom is -0.343 e. The van der Waals surface area contributed by atoms with Crippen molar-refractivity contribution < 1.29 is 4.79 Å². The highest BCUT2D eigenvalue weighted by Gasteiger charge is 2.20. The van der Waals surface area contributed by atoms with Crippen LogP contribution in [0.1, 0.15) is 37.2 Å². The number of benzene rings is 1. The molecule has 0 saturated carbocycles. The van der Waals surface area contributed by atoms with Crippen molar-refractivity contribution in [2.75, 3.05) is 26.7 Å². The van der Waals surface area contributed by atoms with Crippen LogP contribution < -0.4 is 5.32 Å². The van der Waals surface area contributed by atoms with E-state index in [9.17, 15) is 4.79 Å². The van der Waals surface area contributed by atoms with Crippen LogP contribution in [0.4, 0.5) is 0 Å². The molecule has 1 aromatic rings. The second kappa shape index (κ2) is 8.98. The lowest BCUT2D eigenvalue weighted by molar-refractivity contribution is -0.131. The molecule has 0 radical (unpaired) electrons. The van der Waals surface area contributed by atoms with Crippen LogP contribution in [-0.4, -0.2) is 37.5 Å². The zero-order chi connectivity index (χ0) is 13.5. The first kappa shape index (κ1) is 17.0. The lowest BCUT2D eigenvalue weighted by atomic mass is 9.92. The fourth-order valence-electron chi connectivity index (χ4n) is 2.79. The van der Waals surface area contributed by atoms with Crippen LogP contribution in [0, 0.1) is 0 Å². The van der Waals surface area contributed by atoms with Gasteiger partial charge in [-0.2, -0.15) is 0 Å². The molecule has 1 unspecified atom stereocenters. The van der Waals surface area contributed by atoms with Crippen LogP contribution in [0.15, 0.2) is 30.3 Å². The molecule has 4 heteroatoms. The zero-order valence-electron chi connectivity index (χ0n) is 12.2. The number of carbonyl (C=O) groups is 1. The Labute approximate surface area is 128 Å². The van der Waals surface area contributed by atoms with E-state index in [4.69, 9.17) is 0 Å². The van der Waals surface area contributed by atoms with Gasteiger partial charge in [0, 0.05) is 26.1 Å². The highest BCUT2D eigenvalue weighted by Crippen LogP contribution is 2.27. The minimum absolute atomic E-state index is 0. The molecule has 2 rings (SSSR count). The first-order valence-corrected chi connectivity index (χ1v) is 7.28. The van der Waals surface area contributed by atoms with Crippen molar-refractivity contribution in [3.8, 4) is 0 Å². The third-order valence-electron chi connectivity index (χ3n) is 3.94. The minimum atomic E-state index is 0. The second-order valence-corrected chi connectivity index (χ2v) is 5.27. The number of rotatable bonds is 4. The molecule has 1 heterocycles. The van der Waals surface area contributed by atoms with E-state index in [0.29, 0.717) is 18.2 Å². The van der Waals surface area contributed by atoms with Gasteiger partial charge >= 0.3 is 0 Å². The molecule has 0 aliphatic carbocycles. The summed E-state index contributed by atoms with van der Waals surface area (Å²) < 4.78 is 0. The molecule has 0 bridgehead atoms. The summed E-state index contributed by atoms with van der Waals surface area (Å²) in [5, 5.41) is 3.04. The van der Waals surface area contributed by atoms with Crippen molar-refractivity contribution in [3.05, 3.63) is 35.9 Å². The quantitative estimate of drug-likeness (QED) is 0.927. The van der Waals surface area contributed by atoms with Crippen LogP contribution in [-0.2, 0) is 4.79 Å². The Kier molecular flexibility index (Phi) is 7.63. The van der Waals surface area contributed by atoms with Crippen LogP contribution in [0.3, 0.4) is 0 Å². The van der Waals surface area contributed by atoms with Crippen molar-refractivity contribution in [1.29, 1.82) is 0 Å². The summed E-state index contributed by atoms with van der Waals surface area (Å²) in [6.45, 7) is 2.60. The molecule has 1 N–H and O–H groups in total. The highest BCUT2D eigenvalue weighted by atomic mass is 35.5. The number of hydrogen-bond donors (Lipinski definition) is 1. The van der Waals surface area contributed by atoms with Gasteiger partial charge in [-0.25, -0.2) is 0 Å². The molecule has 1 aliphatic heterocycles. The van der Waals surface area contributed by atoms with Crippen LogP contribution >= 0.6 is 12.4 Å². The Hall–Kier alpha value is -1.06. The molecule has 1 aliphatic rings. The Balaban J connectivity index is 0.00000200. The number of likely N-dealkylation sites (tertiary alicyclic amines) is 1. The average molecular weight is 297 g/mol. The summed E-state index contributed by atoms with van der Waals surface area (Å²) in [5.41, 5.74) is 1.42. The molecule has 1 amide bonds.